The van der Waals surface area contributed by atoms with Crippen LogP contribution >= 0.6 is 27.7 Å². The molecule has 0 spiro atoms. The number of nitrogens with one attached hydrogen (secondary N) is 2. The van der Waals surface area contributed by atoms with Gasteiger partial charge in [0.15, 0.2) is 4.58 Å². The maximum atomic E-state index is 12.2. The number of rotatable bonds is 4. The zero-order valence-corrected chi connectivity index (χ0v) is 15.5. The van der Waals surface area contributed by atoms with E-state index in [4.69, 9.17) is 0 Å². The van der Waals surface area contributed by atoms with Gasteiger partial charge < -0.3 is 10.6 Å². The molecule has 1 aromatic carbocycles. The van der Waals surface area contributed by atoms with E-state index in [2.05, 4.69) is 26.6 Å². The van der Waals surface area contributed by atoms with Crippen LogP contribution in [-0.4, -0.2) is 43.2 Å². The number of hydrogen-bond donors (Lipinski definition) is 2. The highest BCUT2D eigenvalue weighted by Crippen LogP contribution is 2.31. The Balaban J connectivity index is 2.04. The number of amides is 2. The number of carbonyl (C=O) groups is 2. The summed E-state index contributed by atoms with van der Waals surface area (Å²) < 4.78 is 24.5. The van der Waals surface area contributed by atoms with Crippen molar-refractivity contribution in [3.63, 3.8) is 0 Å². The molecule has 0 bridgehead atoms. The SMILES string of the molecule is CN(C)S(=O)(=O)C1SC=C(NC(=O)Nc2ccccc2Br)C1=O. The van der Waals surface area contributed by atoms with Crippen molar-refractivity contribution in [2.24, 2.45) is 0 Å². The van der Waals surface area contributed by atoms with Gasteiger partial charge in [-0.1, -0.05) is 12.1 Å². The molecule has 0 saturated heterocycles. The molecule has 23 heavy (non-hydrogen) atoms. The van der Waals surface area contributed by atoms with Gasteiger partial charge in [0.25, 0.3) is 0 Å². The minimum absolute atomic E-state index is 0.0463. The Kier molecular flexibility index (Phi) is 5.50. The number of hydrogen-bond acceptors (Lipinski definition) is 5. The van der Waals surface area contributed by atoms with E-state index in [0.717, 1.165) is 16.1 Å². The fraction of sp³-hybridized carbons (Fsp3) is 0.231. The number of nitrogens with zero attached hydrogens (tertiary/aromatic N) is 1. The minimum Gasteiger partial charge on any atom is -0.307 e. The van der Waals surface area contributed by atoms with Crippen LogP contribution in [0.4, 0.5) is 10.5 Å². The molecule has 1 atom stereocenters. The van der Waals surface area contributed by atoms with Gasteiger partial charge in [-0.2, -0.15) is 0 Å². The number of sulfonamides is 1. The van der Waals surface area contributed by atoms with E-state index in [9.17, 15) is 18.0 Å². The molecule has 0 fully saturated rings. The van der Waals surface area contributed by atoms with E-state index in [1.165, 1.54) is 19.5 Å². The second-order valence-electron chi connectivity index (χ2n) is 4.75. The highest BCUT2D eigenvalue weighted by Gasteiger charge is 2.40. The number of benzene rings is 1. The summed E-state index contributed by atoms with van der Waals surface area (Å²) in [5.74, 6) is -0.647. The Morgan fingerprint density at radius 3 is 2.52 bits per heavy atom. The number of urea groups is 1. The molecule has 1 aromatic rings. The first-order valence-electron chi connectivity index (χ1n) is 6.37. The standard InChI is InChI=1S/C13H14BrN3O4S2/c1-17(2)23(20,21)12-11(18)10(7-22-12)16-13(19)15-9-6-4-3-5-8(9)14/h3-7,12H,1-2H3,(H2,15,16,19). The third-order valence-corrected chi connectivity index (χ3v) is 7.30. The Morgan fingerprint density at radius 2 is 1.91 bits per heavy atom. The first kappa shape index (κ1) is 18.0. The van der Waals surface area contributed by atoms with Gasteiger partial charge in [-0.25, -0.2) is 17.5 Å². The maximum Gasteiger partial charge on any atom is 0.323 e. The van der Waals surface area contributed by atoms with Crippen LogP contribution in [0, 0.1) is 0 Å². The molecule has 1 aliphatic rings. The zero-order valence-electron chi connectivity index (χ0n) is 12.2. The van der Waals surface area contributed by atoms with Crippen molar-refractivity contribution in [3.8, 4) is 0 Å². The second-order valence-corrected chi connectivity index (χ2v) is 9.11. The van der Waals surface area contributed by atoms with Crippen LogP contribution in [0.2, 0.25) is 0 Å². The molecular weight excluding hydrogens is 406 g/mol. The van der Waals surface area contributed by atoms with Crippen LogP contribution in [0.25, 0.3) is 0 Å². The van der Waals surface area contributed by atoms with Gasteiger partial charge >= 0.3 is 6.03 Å². The average molecular weight is 420 g/mol. The van der Waals surface area contributed by atoms with Crippen molar-refractivity contribution >= 4 is 55.2 Å². The lowest BCUT2D eigenvalue weighted by Gasteiger charge is -2.16. The van der Waals surface area contributed by atoms with E-state index in [1.807, 2.05) is 0 Å². The quantitative estimate of drug-likeness (QED) is 0.777. The van der Waals surface area contributed by atoms with E-state index >= 15 is 0 Å². The molecule has 0 aromatic heterocycles. The summed E-state index contributed by atoms with van der Waals surface area (Å²) >= 11 is 4.14. The minimum atomic E-state index is -3.74. The van der Waals surface area contributed by atoms with Crippen LogP contribution < -0.4 is 10.6 Å². The lowest BCUT2D eigenvalue weighted by atomic mass is 10.3. The Morgan fingerprint density at radius 1 is 1.26 bits per heavy atom. The number of ketones is 1. The van der Waals surface area contributed by atoms with Gasteiger partial charge in [0.2, 0.25) is 15.8 Å². The molecule has 0 radical (unpaired) electrons. The summed E-state index contributed by atoms with van der Waals surface area (Å²) in [6.07, 6.45) is 0. The normalized spacial score (nSPS) is 18.0. The van der Waals surface area contributed by atoms with Gasteiger partial charge in [-0.15, -0.1) is 11.8 Å². The summed E-state index contributed by atoms with van der Waals surface area (Å²) in [5.41, 5.74) is 0.483. The lowest BCUT2D eigenvalue weighted by molar-refractivity contribution is -0.114. The predicted octanol–water partition coefficient (Wildman–Crippen LogP) is 1.95. The van der Waals surface area contributed by atoms with Crippen molar-refractivity contribution in [1.82, 2.24) is 9.62 Å². The molecule has 1 heterocycles. The Labute approximate surface area is 146 Å². The number of carbonyl (C=O) groups excluding carboxylic acids is 2. The van der Waals surface area contributed by atoms with E-state index in [1.54, 1.807) is 24.3 Å². The topological polar surface area (TPSA) is 95.6 Å². The monoisotopic (exact) mass is 419 g/mol. The van der Waals surface area contributed by atoms with Crippen LogP contribution in [0.3, 0.4) is 0 Å². The van der Waals surface area contributed by atoms with Crippen molar-refractivity contribution in [1.29, 1.82) is 0 Å². The van der Waals surface area contributed by atoms with Crippen LogP contribution in [0.15, 0.2) is 39.8 Å². The number of thioether (sulfide) groups is 1. The summed E-state index contributed by atoms with van der Waals surface area (Å²) in [6.45, 7) is 0. The first-order valence-corrected chi connectivity index (χ1v) is 9.61. The predicted molar refractivity (Wildman–Crippen MR) is 93.4 cm³/mol. The van der Waals surface area contributed by atoms with E-state index < -0.39 is 26.4 Å². The zero-order chi connectivity index (χ0) is 17.2. The number of Topliss-reactive ketones (excluding diaryl/α,β-unsaturated/α-hetero) is 1. The smallest absolute Gasteiger partial charge is 0.307 e. The Bertz CT molecular complexity index is 777. The van der Waals surface area contributed by atoms with Gasteiger partial charge in [0.05, 0.1) is 11.4 Å². The van der Waals surface area contributed by atoms with Crippen molar-refractivity contribution in [2.45, 2.75) is 4.58 Å². The van der Waals surface area contributed by atoms with Crippen molar-refractivity contribution < 1.29 is 18.0 Å². The molecule has 2 amide bonds. The summed E-state index contributed by atoms with van der Waals surface area (Å²) in [6, 6.07) is 6.35. The van der Waals surface area contributed by atoms with Crippen molar-refractivity contribution in [3.05, 3.63) is 39.8 Å². The summed E-state index contributed by atoms with van der Waals surface area (Å²) in [5, 5.41) is 6.30. The average Bonchev–Trinajstić information content (AvgIpc) is 2.83. The third-order valence-electron chi connectivity index (χ3n) is 2.94. The molecule has 124 valence electrons. The van der Waals surface area contributed by atoms with Gasteiger partial charge in [0.1, 0.15) is 0 Å². The molecule has 1 aliphatic heterocycles. The van der Waals surface area contributed by atoms with E-state index in [-0.39, 0.29) is 5.70 Å². The number of halogens is 1. The van der Waals surface area contributed by atoms with Crippen LogP contribution in [-0.2, 0) is 14.8 Å². The number of anilines is 1. The molecule has 2 N–H and O–H groups in total. The highest BCUT2D eigenvalue weighted by molar-refractivity contribution is 9.10. The molecule has 10 heteroatoms. The van der Waals surface area contributed by atoms with Crippen LogP contribution in [0.5, 0.6) is 0 Å². The molecule has 1 unspecified atom stereocenters. The molecule has 2 rings (SSSR count). The van der Waals surface area contributed by atoms with E-state index in [0.29, 0.717) is 10.2 Å². The number of para-hydroxylation sites is 1. The maximum absolute atomic E-state index is 12.2. The van der Waals surface area contributed by atoms with Gasteiger partial charge in [-0.3, -0.25) is 4.79 Å². The summed E-state index contributed by atoms with van der Waals surface area (Å²) in [7, 11) is -1.03. The van der Waals surface area contributed by atoms with Crippen LogP contribution in [0.1, 0.15) is 0 Å². The molecule has 7 nitrogen and oxygen atoms in total. The summed E-state index contributed by atoms with van der Waals surface area (Å²) in [4.78, 5) is 24.1. The Hall–Kier alpha value is -1.36. The van der Waals surface area contributed by atoms with Crippen molar-refractivity contribution in [2.75, 3.05) is 19.4 Å². The molecule has 0 aliphatic carbocycles. The highest BCUT2D eigenvalue weighted by atomic mass is 79.9. The largest absolute Gasteiger partial charge is 0.323 e. The van der Waals surface area contributed by atoms with Gasteiger partial charge in [-0.05, 0) is 28.1 Å². The first-order chi connectivity index (χ1) is 10.7. The molecule has 0 saturated carbocycles. The number of allylic oxidation sites excluding steroid dienone is 1. The van der Waals surface area contributed by atoms with Gasteiger partial charge in [0, 0.05) is 24.0 Å². The second kappa shape index (κ2) is 7.04. The lowest BCUT2D eigenvalue weighted by Crippen LogP contribution is -2.38. The third kappa shape index (κ3) is 3.94. The molecular formula is C13H14BrN3O4S2. The fourth-order valence-corrected chi connectivity index (χ4v) is 4.80. The fourth-order valence-electron chi connectivity index (χ4n) is 1.70.